The van der Waals surface area contributed by atoms with Gasteiger partial charge in [-0.2, -0.15) is 4.98 Å². The maximum Gasteiger partial charge on any atom is 0.277 e. The second kappa shape index (κ2) is 7.57. The number of nitrogens with one attached hydrogen (secondary N) is 1. The lowest BCUT2D eigenvalue weighted by atomic mass is 10.2. The van der Waals surface area contributed by atoms with Crippen LogP contribution < -0.4 is 5.32 Å². The van der Waals surface area contributed by atoms with E-state index in [4.69, 9.17) is 4.52 Å². The van der Waals surface area contributed by atoms with Crippen molar-refractivity contribution in [2.75, 3.05) is 26.7 Å². The molecule has 6 nitrogen and oxygen atoms in total. The van der Waals surface area contributed by atoms with Crippen molar-refractivity contribution in [2.45, 2.75) is 6.04 Å². The van der Waals surface area contributed by atoms with E-state index in [1.807, 2.05) is 12.4 Å². The first-order valence-corrected chi connectivity index (χ1v) is 8.55. The fourth-order valence-electron chi connectivity index (χ4n) is 2.70. The summed E-state index contributed by atoms with van der Waals surface area (Å²) in [5.74, 6) is 0.711. The average Bonchev–Trinajstić information content (AvgIpc) is 3.25. The van der Waals surface area contributed by atoms with Crippen molar-refractivity contribution in [1.82, 2.24) is 25.3 Å². The summed E-state index contributed by atoms with van der Waals surface area (Å²) in [7, 11) is 2.04. The van der Waals surface area contributed by atoms with Crippen LogP contribution in [0, 0.1) is 5.82 Å². The molecule has 0 amide bonds. The Morgan fingerprint density at radius 3 is 2.96 bits per heavy atom. The van der Waals surface area contributed by atoms with Crippen molar-refractivity contribution in [2.24, 2.45) is 0 Å². The van der Waals surface area contributed by atoms with E-state index in [-0.39, 0.29) is 24.3 Å². The van der Waals surface area contributed by atoms with E-state index in [0.29, 0.717) is 28.0 Å². The van der Waals surface area contributed by atoms with Gasteiger partial charge in [-0.25, -0.2) is 9.37 Å². The molecule has 132 valence electrons. The summed E-state index contributed by atoms with van der Waals surface area (Å²) in [6.07, 6.45) is 0. The van der Waals surface area contributed by atoms with Gasteiger partial charge in [0.25, 0.3) is 5.89 Å². The first kappa shape index (κ1) is 17.9. The van der Waals surface area contributed by atoms with Crippen molar-refractivity contribution in [3.8, 4) is 22.2 Å². The second-order valence-electron chi connectivity index (χ2n) is 5.68. The molecule has 0 aliphatic carbocycles. The highest BCUT2D eigenvalue weighted by atomic mass is 35.5. The highest BCUT2D eigenvalue weighted by Crippen LogP contribution is 2.30. The van der Waals surface area contributed by atoms with Crippen LogP contribution in [-0.4, -0.2) is 46.7 Å². The van der Waals surface area contributed by atoms with E-state index < -0.39 is 0 Å². The molecule has 3 heterocycles. The summed E-state index contributed by atoms with van der Waals surface area (Å²) in [5, 5.41) is 9.82. The van der Waals surface area contributed by atoms with E-state index in [1.54, 1.807) is 18.2 Å². The van der Waals surface area contributed by atoms with E-state index in [0.717, 1.165) is 19.6 Å². The van der Waals surface area contributed by atoms with Gasteiger partial charge in [-0.1, -0.05) is 17.3 Å². The van der Waals surface area contributed by atoms with Crippen LogP contribution in [0.2, 0.25) is 0 Å². The van der Waals surface area contributed by atoms with E-state index >= 15 is 0 Å². The zero-order valence-electron chi connectivity index (χ0n) is 13.5. The Kier molecular flexibility index (Phi) is 5.43. The number of nitrogens with zero attached hydrogens (tertiary/aromatic N) is 4. The predicted molar refractivity (Wildman–Crippen MR) is 96.3 cm³/mol. The summed E-state index contributed by atoms with van der Waals surface area (Å²) in [5.41, 5.74) is 1.05. The van der Waals surface area contributed by atoms with Crippen LogP contribution in [0.1, 0.15) is 11.9 Å². The normalized spacial score (nSPS) is 18.1. The molecule has 1 saturated heterocycles. The van der Waals surface area contributed by atoms with E-state index in [2.05, 4.69) is 25.3 Å². The summed E-state index contributed by atoms with van der Waals surface area (Å²) in [4.78, 5) is 11.1. The zero-order chi connectivity index (χ0) is 16.5. The Bertz CT molecular complexity index is 854. The minimum Gasteiger partial charge on any atom is -0.332 e. The number of likely N-dealkylation sites (N-methyl/N-ethyl adjacent to an activating group) is 1. The van der Waals surface area contributed by atoms with Gasteiger partial charge in [0.1, 0.15) is 16.5 Å². The third-order valence-corrected chi connectivity index (χ3v) is 4.95. The Morgan fingerprint density at radius 2 is 2.16 bits per heavy atom. The molecule has 3 aromatic rings. The number of hydrogen-bond acceptors (Lipinski definition) is 7. The lowest BCUT2D eigenvalue weighted by Crippen LogP contribution is -2.44. The molecule has 4 rings (SSSR count). The highest BCUT2D eigenvalue weighted by Gasteiger charge is 2.26. The molecular weight excluding hydrogens is 365 g/mol. The van der Waals surface area contributed by atoms with Gasteiger partial charge in [0.2, 0.25) is 0 Å². The third kappa shape index (κ3) is 3.57. The number of halogens is 2. The first-order chi connectivity index (χ1) is 11.7. The monoisotopic (exact) mass is 381 g/mol. The summed E-state index contributed by atoms with van der Waals surface area (Å²) < 4.78 is 19.2. The minimum absolute atomic E-state index is 0. The van der Waals surface area contributed by atoms with Crippen molar-refractivity contribution >= 4 is 23.7 Å². The second-order valence-corrected chi connectivity index (χ2v) is 6.53. The largest absolute Gasteiger partial charge is 0.332 e. The minimum atomic E-state index is -0.292. The molecule has 0 bridgehead atoms. The fraction of sp³-hybridized carbons (Fsp3) is 0.312. The Balaban J connectivity index is 0.00000182. The molecule has 1 aliphatic heterocycles. The zero-order valence-corrected chi connectivity index (χ0v) is 15.1. The molecule has 2 aromatic heterocycles. The molecule has 1 unspecified atom stereocenters. The van der Waals surface area contributed by atoms with Crippen molar-refractivity contribution in [3.05, 3.63) is 41.3 Å². The number of rotatable bonds is 3. The summed E-state index contributed by atoms with van der Waals surface area (Å²) in [6.45, 7) is 2.67. The van der Waals surface area contributed by atoms with Gasteiger partial charge in [-0.3, -0.25) is 4.90 Å². The molecule has 25 heavy (non-hydrogen) atoms. The van der Waals surface area contributed by atoms with Crippen LogP contribution in [0.15, 0.2) is 34.2 Å². The van der Waals surface area contributed by atoms with Crippen LogP contribution in [0.25, 0.3) is 22.2 Å². The molecule has 1 N–H and O–H groups in total. The van der Waals surface area contributed by atoms with E-state index in [1.165, 1.54) is 17.4 Å². The molecule has 0 radical (unpaired) electrons. The van der Waals surface area contributed by atoms with Gasteiger partial charge in [0.05, 0.1) is 6.04 Å². The molecule has 1 atom stereocenters. The van der Waals surface area contributed by atoms with Crippen molar-refractivity contribution < 1.29 is 8.91 Å². The molecule has 1 fully saturated rings. The Morgan fingerprint density at radius 1 is 1.32 bits per heavy atom. The van der Waals surface area contributed by atoms with Gasteiger partial charge in [0.15, 0.2) is 5.82 Å². The fourth-order valence-corrected chi connectivity index (χ4v) is 3.52. The van der Waals surface area contributed by atoms with Crippen LogP contribution >= 0.6 is 23.7 Å². The first-order valence-electron chi connectivity index (χ1n) is 7.68. The third-order valence-electron chi connectivity index (χ3n) is 4.08. The van der Waals surface area contributed by atoms with Crippen LogP contribution in [0.5, 0.6) is 0 Å². The molecule has 0 spiro atoms. The summed E-state index contributed by atoms with van der Waals surface area (Å²) in [6, 6.07) is 6.66. The lowest BCUT2D eigenvalue weighted by molar-refractivity contribution is 0.190. The predicted octanol–water partition coefficient (Wildman–Crippen LogP) is 3.00. The SMILES string of the molecule is CN1CCNCC1c1noc(-c2csc(-c3ccccc3F)n2)n1.Cl. The molecule has 0 saturated carbocycles. The highest BCUT2D eigenvalue weighted by molar-refractivity contribution is 7.13. The number of piperazine rings is 1. The maximum absolute atomic E-state index is 13.9. The number of hydrogen-bond donors (Lipinski definition) is 1. The maximum atomic E-state index is 13.9. The lowest BCUT2D eigenvalue weighted by Gasteiger charge is -2.30. The van der Waals surface area contributed by atoms with Gasteiger partial charge in [0, 0.05) is 30.6 Å². The molecule has 1 aromatic carbocycles. The van der Waals surface area contributed by atoms with Crippen LogP contribution in [0.3, 0.4) is 0 Å². The Labute approximate surface area is 154 Å². The Hall–Kier alpha value is -1.87. The van der Waals surface area contributed by atoms with Gasteiger partial charge in [-0.15, -0.1) is 23.7 Å². The number of benzene rings is 1. The van der Waals surface area contributed by atoms with Gasteiger partial charge < -0.3 is 9.84 Å². The number of thiazole rings is 1. The molecule has 9 heteroatoms. The average molecular weight is 382 g/mol. The van der Waals surface area contributed by atoms with Gasteiger partial charge >= 0.3 is 0 Å². The van der Waals surface area contributed by atoms with E-state index in [9.17, 15) is 4.39 Å². The number of aromatic nitrogens is 3. The van der Waals surface area contributed by atoms with Crippen molar-refractivity contribution in [1.29, 1.82) is 0 Å². The quantitative estimate of drug-likeness (QED) is 0.752. The standard InChI is InChI=1S/C16H16FN5OS.ClH/c1-22-7-6-18-8-13(22)14-20-15(23-21-14)12-9-24-16(19-12)10-4-2-3-5-11(10)17;/h2-5,9,13,18H,6-8H2,1H3;1H. The van der Waals surface area contributed by atoms with Crippen molar-refractivity contribution in [3.63, 3.8) is 0 Å². The summed E-state index contributed by atoms with van der Waals surface area (Å²) >= 11 is 1.36. The molecular formula is C16H17ClFN5OS. The van der Waals surface area contributed by atoms with Crippen LogP contribution in [-0.2, 0) is 0 Å². The van der Waals surface area contributed by atoms with Crippen LogP contribution in [0.4, 0.5) is 4.39 Å². The molecule has 1 aliphatic rings. The topological polar surface area (TPSA) is 67.1 Å². The van der Waals surface area contributed by atoms with Gasteiger partial charge in [-0.05, 0) is 19.2 Å². The smallest absolute Gasteiger partial charge is 0.277 e.